The van der Waals surface area contributed by atoms with E-state index >= 15 is 0 Å². The topological polar surface area (TPSA) is 69.1 Å². The lowest BCUT2D eigenvalue weighted by atomic mass is 10.0. The maximum Gasteiger partial charge on any atom is 0.191 e. The van der Waals surface area contributed by atoms with E-state index in [0.29, 0.717) is 18.7 Å². The summed E-state index contributed by atoms with van der Waals surface area (Å²) in [7, 11) is 3.32. The average molecular weight is 400 g/mol. The zero-order valence-corrected chi connectivity index (χ0v) is 17.0. The fourth-order valence-corrected chi connectivity index (χ4v) is 3.59. The molecule has 1 fully saturated rings. The summed E-state index contributed by atoms with van der Waals surface area (Å²) >= 11 is 0. The summed E-state index contributed by atoms with van der Waals surface area (Å²) < 4.78 is 18.7. The average Bonchev–Trinajstić information content (AvgIpc) is 2.74. The third kappa shape index (κ3) is 5.76. The molecule has 3 rings (SSSR count). The van der Waals surface area contributed by atoms with E-state index in [1.165, 1.54) is 6.07 Å². The van der Waals surface area contributed by atoms with Crippen LogP contribution in [-0.4, -0.2) is 50.9 Å². The Labute approximate surface area is 171 Å². The number of ether oxygens (including phenoxy) is 1. The standard InChI is InChI=1S/C22H29FN4O2/c1-24-22(25-11-10-16-8-9-20(29-2)14-21(16)28)26-18-6-4-12-27(15-18)19-7-3-5-17(23)13-19/h3,5,7-9,13-14,18,28H,4,6,10-12,15H2,1-2H3,(H2,24,25,26). The minimum Gasteiger partial charge on any atom is -0.508 e. The van der Waals surface area contributed by atoms with Crippen LogP contribution in [0, 0.1) is 5.82 Å². The summed E-state index contributed by atoms with van der Waals surface area (Å²) in [5.41, 5.74) is 1.76. The summed E-state index contributed by atoms with van der Waals surface area (Å²) in [6.07, 6.45) is 2.73. The number of phenolic OH excluding ortho intramolecular Hbond substituents is 1. The first-order chi connectivity index (χ1) is 14.1. The van der Waals surface area contributed by atoms with E-state index in [1.807, 2.05) is 18.2 Å². The van der Waals surface area contributed by atoms with Crippen molar-refractivity contribution in [1.29, 1.82) is 0 Å². The molecule has 1 aliphatic rings. The number of nitrogens with zero attached hydrogens (tertiary/aromatic N) is 2. The molecule has 0 aromatic heterocycles. The van der Waals surface area contributed by atoms with Crippen LogP contribution in [0.15, 0.2) is 47.5 Å². The number of guanidine groups is 1. The molecule has 0 radical (unpaired) electrons. The molecule has 2 aromatic rings. The molecule has 6 nitrogen and oxygen atoms in total. The number of nitrogens with one attached hydrogen (secondary N) is 2. The van der Waals surface area contributed by atoms with Gasteiger partial charge in [-0.25, -0.2) is 4.39 Å². The van der Waals surface area contributed by atoms with E-state index in [4.69, 9.17) is 4.74 Å². The van der Waals surface area contributed by atoms with Crippen LogP contribution >= 0.6 is 0 Å². The summed E-state index contributed by atoms with van der Waals surface area (Å²) in [5.74, 6) is 1.38. The van der Waals surface area contributed by atoms with Crippen LogP contribution in [-0.2, 0) is 6.42 Å². The van der Waals surface area contributed by atoms with Crippen molar-refractivity contribution in [3.8, 4) is 11.5 Å². The summed E-state index contributed by atoms with van der Waals surface area (Å²) in [6, 6.07) is 12.3. The smallest absolute Gasteiger partial charge is 0.191 e. The molecule has 2 aromatic carbocycles. The van der Waals surface area contributed by atoms with Crippen molar-refractivity contribution in [2.45, 2.75) is 25.3 Å². The van der Waals surface area contributed by atoms with Gasteiger partial charge in [0, 0.05) is 44.5 Å². The van der Waals surface area contributed by atoms with E-state index in [2.05, 4.69) is 20.5 Å². The van der Waals surface area contributed by atoms with Crippen LogP contribution in [0.25, 0.3) is 0 Å². The molecule has 1 heterocycles. The SMILES string of the molecule is CN=C(NCCc1ccc(OC)cc1O)NC1CCCN(c2cccc(F)c2)C1. The van der Waals surface area contributed by atoms with E-state index < -0.39 is 0 Å². The second kappa shape index (κ2) is 10.0. The summed E-state index contributed by atoms with van der Waals surface area (Å²) in [6.45, 7) is 2.35. The molecule has 0 saturated carbocycles. The lowest BCUT2D eigenvalue weighted by molar-refractivity contribution is 0.406. The number of halogens is 1. The van der Waals surface area contributed by atoms with Crippen molar-refractivity contribution in [3.63, 3.8) is 0 Å². The molecule has 1 aliphatic heterocycles. The quantitative estimate of drug-likeness (QED) is 0.514. The van der Waals surface area contributed by atoms with E-state index in [1.54, 1.807) is 32.4 Å². The zero-order chi connectivity index (χ0) is 20.6. The molecule has 29 heavy (non-hydrogen) atoms. The molecule has 7 heteroatoms. The lowest BCUT2D eigenvalue weighted by Gasteiger charge is -2.35. The van der Waals surface area contributed by atoms with Crippen molar-refractivity contribution >= 4 is 11.6 Å². The van der Waals surface area contributed by atoms with Gasteiger partial charge < -0.3 is 25.4 Å². The summed E-state index contributed by atoms with van der Waals surface area (Å²) in [5, 5.41) is 16.8. The molecule has 0 amide bonds. The number of methoxy groups -OCH3 is 1. The number of rotatable bonds is 6. The molecular formula is C22H29FN4O2. The second-order valence-electron chi connectivity index (χ2n) is 7.15. The summed E-state index contributed by atoms with van der Waals surface area (Å²) in [4.78, 5) is 6.51. The minimum absolute atomic E-state index is 0.211. The number of aliphatic imine (C=N–C) groups is 1. The third-order valence-corrected chi connectivity index (χ3v) is 5.14. The van der Waals surface area contributed by atoms with Crippen LogP contribution in [0.3, 0.4) is 0 Å². The molecule has 3 N–H and O–H groups in total. The Bertz CT molecular complexity index is 843. The molecule has 0 spiro atoms. The Hall–Kier alpha value is -2.96. The highest BCUT2D eigenvalue weighted by molar-refractivity contribution is 5.80. The number of hydrogen-bond acceptors (Lipinski definition) is 4. The Morgan fingerprint density at radius 1 is 1.31 bits per heavy atom. The molecule has 156 valence electrons. The second-order valence-corrected chi connectivity index (χ2v) is 7.15. The minimum atomic E-state index is -0.211. The Balaban J connectivity index is 1.50. The highest BCUT2D eigenvalue weighted by atomic mass is 19.1. The van der Waals surface area contributed by atoms with Gasteiger partial charge in [0.25, 0.3) is 0 Å². The number of piperidine rings is 1. The number of benzene rings is 2. The highest BCUT2D eigenvalue weighted by Gasteiger charge is 2.21. The number of anilines is 1. The van der Waals surface area contributed by atoms with Gasteiger partial charge in [0.15, 0.2) is 5.96 Å². The van der Waals surface area contributed by atoms with Crippen LogP contribution < -0.4 is 20.3 Å². The lowest BCUT2D eigenvalue weighted by Crippen LogP contribution is -2.51. The van der Waals surface area contributed by atoms with Crippen molar-refractivity contribution in [1.82, 2.24) is 10.6 Å². The molecular weight excluding hydrogens is 371 g/mol. The van der Waals surface area contributed by atoms with Gasteiger partial charge in [-0.05, 0) is 49.1 Å². The maximum atomic E-state index is 13.5. The van der Waals surface area contributed by atoms with E-state index in [9.17, 15) is 9.50 Å². The van der Waals surface area contributed by atoms with Gasteiger partial charge in [-0.3, -0.25) is 4.99 Å². The Kier molecular flexibility index (Phi) is 7.16. The predicted molar refractivity (Wildman–Crippen MR) is 114 cm³/mol. The molecule has 0 aliphatic carbocycles. The van der Waals surface area contributed by atoms with Gasteiger partial charge >= 0.3 is 0 Å². The molecule has 1 saturated heterocycles. The van der Waals surface area contributed by atoms with Crippen molar-refractivity contribution < 1.29 is 14.2 Å². The molecule has 1 atom stereocenters. The van der Waals surface area contributed by atoms with Crippen LogP contribution in [0.4, 0.5) is 10.1 Å². The number of aromatic hydroxyl groups is 1. The first kappa shape index (κ1) is 20.8. The number of hydrogen-bond donors (Lipinski definition) is 3. The fraction of sp³-hybridized carbons (Fsp3) is 0.409. The van der Waals surface area contributed by atoms with Crippen LogP contribution in [0.1, 0.15) is 18.4 Å². The zero-order valence-electron chi connectivity index (χ0n) is 17.0. The number of phenols is 1. The monoisotopic (exact) mass is 400 g/mol. The largest absolute Gasteiger partial charge is 0.508 e. The Morgan fingerprint density at radius 2 is 2.17 bits per heavy atom. The van der Waals surface area contributed by atoms with Gasteiger partial charge in [0.1, 0.15) is 17.3 Å². The van der Waals surface area contributed by atoms with Gasteiger partial charge in [0.05, 0.1) is 7.11 Å². The van der Waals surface area contributed by atoms with Crippen molar-refractivity contribution in [2.75, 3.05) is 38.7 Å². The highest BCUT2D eigenvalue weighted by Crippen LogP contribution is 2.23. The van der Waals surface area contributed by atoms with Gasteiger partial charge in [-0.2, -0.15) is 0 Å². The first-order valence-electron chi connectivity index (χ1n) is 9.92. The van der Waals surface area contributed by atoms with E-state index in [0.717, 1.165) is 43.1 Å². The predicted octanol–water partition coefficient (Wildman–Crippen LogP) is 2.92. The van der Waals surface area contributed by atoms with Gasteiger partial charge in [-0.1, -0.05) is 12.1 Å². The van der Waals surface area contributed by atoms with Gasteiger partial charge in [0.2, 0.25) is 0 Å². The Morgan fingerprint density at radius 3 is 2.90 bits per heavy atom. The molecule has 0 bridgehead atoms. The van der Waals surface area contributed by atoms with Gasteiger partial charge in [-0.15, -0.1) is 0 Å². The normalized spacial score (nSPS) is 17.1. The third-order valence-electron chi connectivity index (χ3n) is 5.14. The molecule has 1 unspecified atom stereocenters. The maximum absolute atomic E-state index is 13.5. The van der Waals surface area contributed by atoms with Crippen LogP contribution in [0.5, 0.6) is 11.5 Å². The van der Waals surface area contributed by atoms with Crippen molar-refractivity contribution in [3.05, 3.63) is 53.8 Å². The van der Waals surface area contributed by atoms with E-state index in [-0.39, 0.29) is 17.6 Å². The fourth-order valence-electron chi connectivity index (χ4n) is 3.59. The van der Waals surface area contributed by atoms with Crippen molar-refractivity contribution in [2.24, 2.45) is 4.99 Å². The van der Waals surface area contributed by atoms with Crippen LogP contribution in [0.2, 0.25) is 0 Å². The first-order valence-corrected chi connectivity index (χ1v) is 9.92.